The van der Waals surface area contributed by atoms with E-state index in [1.165, 1.54) is 10.7 Å². The summed E-state index contributed by atoms with van der Waals surface area (Å²) in [6.07, 6.45) is -0.114. The third kappa shape index (κ3) is 3.21. The van der Waals surface area contributed by atoms with Gasteiger partial charge in [0.2, 0.25) is 6.79 Å². The summed E-state index contributed by atoms with van der Waals surface area (Å²) in [4.78, 5) is 24.2. The minimum atomic E-state index is -0.734. The number of rotatable bonds is 4. The Balaban J connectivity index is 1.37. The summed E-state index contributed by atoms with van der Waals surface area (Å²) in [6.45, 7) is 0.968. The fourth-order valence-corrected chi connectivity index (χ4v) is 2.92. The number of β-amino-alcohol motifs (C(OH)–C–C–N with tert-alkyl or cyclic N) is 1. The van der Waals surface area contributed by atoms with Crippen molar-refractivity contribution in [2.24, 2.45) is 0 Å². The van der Waals surface area contributed by atoms with Gasteiger partial charge in [-0.05, 0) is 24.1 Å². The van der Waals surface area contributed by atoms with E-state index in [9.17, 15) is 14.7 Å². The lowest BCUT2D eigenvalue weighted by Crippen LogP contribution is -2.30. The SMILES string of the molecule is O=C(NCCc1ccc2c(c1)OCO2)c1cc2n(n1)CC(O)CNC2=O. The molecule has 9 nitrogen and oxygen atoms in total. The third-order valence-corrected chi connectivity index (χ3v) is 4.26. The van der Waals surface area contributed by atoms with Gasteiger partial charge in [-0.25, -0.2) is 0 Å². The highest BCUT2D eigenvalue weighted by Crippen LogP contribution is 2.32. The number of aromatic nitrogens is 2. The number of fused-ring (bicyclic) bond motifs is 2. The minimum Gasteiger partial charge on any atom is -0.454 e. The molecule has 9 heteroatoms. The molecule has 0 aliphatic carbocycles. The van der Waals surface area contributed by atoms with Crippen LogP contribution in [0.3, 0.4) is 0 Å². The Hall–Kier alpha value is -3.07. The van der Waals surface area contributed by atoms with Crippen molar-refractivity contribution in [1.29, 1.82) is 0 Å². The van der Waals surface area contributed by atoms with Gasteiger partial charge < -0.3 is 25.2 Å². The van der Waals surface area contributed by atoms with Crippen molar-refractivity contribution in [2.75, 3.05) is 19.9 Å². The number of aliphatic hydroxyl groups excluding tert-OH is 1. The number of aliphatic hydroxyl groups is 1. The second kappa shape index (κ2) is 6.68. The molecule has 3 N–H and O–H groups in total. The lowest BCUT2D eigenvalue weighted by Gasteiger charge is -2.06. The molecule has 2 amide bonds. The monoisotopic (exact) mass is 358 g/mol. The van der Waals surface area contributed by atoms with E-state index in [4.69, 9.17) is 9.47 Å². The maximum Gasteiger partial charge on any atom is 0.271 e. The van der Waals surface area contributed by atoms with Crippen LogP contribution in [0.4, 0.5) is 0 Å². The van der Waals surface area contributed by atoms with Gasteiger partial charge in [0.15, 0.2) is 17.2 Å². The zero-order chi connectivity index (χ0) is 18.1. The van der Waals surface area contributed by atoms with E-state index in [0.717, 1.165) is 11.3 Å². The van der Waals surface area contributed by atoms with Gasteiger partial charge >= 0.3 is 0 Å². The molecule has 1 unspecified atom stereocenters. The molecule has 26 heavy (non-hydrogen) atoms. The number of hydrogen-bond donors (Lipinski definition) is 3. The van der Waals surface area contributed by atoms with Crippen molar-refractivity contribution in [1.82, 2.24) is 20.4 Å². The average molecular weight is 358 g/mol. The van der Waals surface area contributed by atoms with Crippen molar-refractivity contribution in [3.63, 3.8) is 0 Å². The zero-order valence-electron chi connectivity index (χ0n) is 13.9. The summed E-state index contributed by atoms with van der Waals surface area (Å²) >= 11 is 0. The molecule has 0 radical (unpaired) electrons. The Bertz CT molecular complexity index is 863. The smallest absolute Gasteiger partial charge is 0.271 e. The van der Waals surface area contributed by atoms with Crippen molar-refractivity contribution >= 4 is 11.8 Å². The van der Waals surface area contributed by atoms with E-state index in [-0.39, 0.29) is 43.1 Å². The minimum absolute atomic E-state index is 0.148. The van der Waals surface area contributed by atoms with E-state index in [0.29, 0.717) is 18.7 Å². The number of nitrogens with one attached hydrogen (secondary N) is 2. The highest BCUT2D eigenvalue weighted by molar-refractivity contribution is 5.98. The molecule has 4 rings (SSSR count). The van der Waals surface area contributed by atoms with E-state index in [1.807, 2.05) is 18.2 Å². The topological polar surface area (TPSA) is 115 Å². The molecule has 0 saturated heterocycles. The van der Waals surface area contributed by atoms with Crippen LogP contribution in [-0.2, 0) is 13.0 Å². The van der Waals surface area contributed by atoms with Crippen molar-refractivity contribution in [3.8, 4) is 11.5 Å². The molecular formula is C17H18N4O5. The van der Waals surface area contributed by atoms with Gasteiger partial charge in [0.1, 0.15) is 5.69 Å². The van der Waals surface area contributed by atoms with Crippen LogP contribution in [0.2, 0.25) is 0 Å². The third-order valence-electron chi connectivity index (χ3n) is 4.26. The van der Waals surface area contributed by atoms with Gasteiger partial charge in [0, 0.05) is 19.2 Å². The Morgan fingerprint density at radius 2 is 2.19 bits per heavy atom. The van der Waals surface area contributed by atoms with E-state index in [2.05, 4.69) is 15.7 Å². The number of benzene rings is 1. The normalized spacial score (nSPS) is 18.0. The average Bonchev–Trinajstić information content (AvgIpc) is 3.23. The molecule has 0 bridgehead atoms. The second-order valence-corrected chi connectivity index (χ2v) is 6.15. The number of carbonyl (C=O) groups is 2. The standard InChI is InChI=1S/C17H18N4O5/c22-11-7-19-17(24)13-6-12(20-21(13)8-11)16(23)18-4-3-10-1-2-14-15(5-10)26-9-25-14/h1-2,5-6,11,22H,3-4,7-9H2,(H,18,23)(H,19,24). The molecule has 2 aromatic rings. The van der Waals surface area contributed by atoms with Crippen LogP contribution in [0.1, 0.15) is 26.5 Å². The fraction of sp³-hybridized carbons (Fsp3) is 0.353. The summed E-state index contributed by atoms with van der Waals surface area (Å²) in [5.41, 5.74) is 1.43. The number of nitrogens with zero attached hydrogens (tertiary/aromatic N) is 2. The summed E-state index contributed by atoms with van der Waals surface area (Å²) in [5, 5.41) is 19.2. The lowest BCUT2D eigenvalue weighted by molar-refractivity contribution is 0.0931. The van der Waals surface area contributed by atoms with Crippen LogP contribution in [0.25, 0.3) is 0 Å². The van der Waals surface area contributed by atoms with Gasteiger partial charge in [0.05, 0.1) is 12.6 Å². The Morgan fingerprint density at radius 1 is 1.35 bits per heavy atom. The largest absolute Gasteiger partial charge is 0.454 e. The van der Waals surface area contributed by atoms with Crippen molar-refractivity contribution in [2.45, 2.75) is 19.1 Å². The Labute approximate surface area is 148 Å². The van der Waals surface area contributed by atoms with Crippen molar-refractivity contribution in [3.05, 3.63) is 41.2 Å². The van der Waals surface area contributed by atoms with Gasteiger partial charge in [-0.15, -0.1) is 0 Å². The quantitative estimate of drug-likeness (QED) is 0.691. The maximum atomic E-state index is 12.3. The zero-order valence-corrected chi connectivity index (χ0v) is 13.9. The van der Waals surface area contributed by atoms with Crippen LogP contribution >= 0.6 is 0 Å². The molecule has 1 aromatic carbocycles. The Kier molecular flexibility index (Phi) is 4.21. The molecule has 0 saturated carbocycles. The first-order chi connectivity index (χ1) is 12.6. The lowest BCUT2D eigenvalue weighted by atomic mass is 10.1. The molecule has 0 fully saturated rings. The molecule has 2 aliphatic rings. The van der Waals surface area contributed by atoms with E-state index >= 15 is 0 Å². The summed E-state index contributed by atoms with van der Waals surface area (Å²) in [7, 11) is 0. The molecule has 3 heterocycles. The highest BCUT2D eigenvalue weighted by Gasteiger charge is 2.24. The number of carbonyl (C=O) groups excluding carboxylic acids is 2. The molecular weight excluding hydrogens is 340 g/mol. The number of hydrogen-bond acceptors (Lipinski definition) is 6. The van der Waals surface area contributed by atoms with Gasteiger partial charge in [-0.3, -0.25) is 14.3 Å². The van der Waals surface area contributed by atoms with Crippen LogP contribution < -0.4 is 20.1 Å². The van der Waals surface area contributed by atoms with Crippen LogP contribution in [0.5, 0.6) is 11.5 Å². The predicted octanol–water partition coefficient (Wildman–Crippen LogP) is -0.311. The van der Waals surface area contributed by atoms with Gasteiger partial charge in [-0.2, -0.15) is 5.10 Å². The highest BCUT2D eigenvalue weighted by atomic mass is 16.7. The first-order valence-electron chi connectivity index (χ1n) is 8.31. The molecule has 2 aliphatic heterocycles. The summed E-state index contributed by atoms with van der Waals surface area (Å²) in [5.74, 6) is 0.705. The first kappa shape index (κ1) is 16.4. The van der Waals surface area contributed by atoms with Gasteiger partial charge in [0.25, 0.3) is 11.8 Å². The molecule has 1 atom stereocenters. The molecule has 136 valence electrons. The van der Waals surface area contributed by atoms with Crippen LogP contribution in [0.15, 0.2) is 24.3 Å². The first-order valence-corrected chi connectivity index (χ1v) is 8.31. The Morgan fingerprint density at radius 3 is 3.08 bits per heavy atom. The maximum absolute atomic E-state index is 12.3. The molecule has 0 spiro atoms. The van der Waals surface area contributed by atoms with Crippen molar-refractivity contribution < 1.29 is 24.2 Å². The van der Waals surface area contributed by atoms with Crippen LogP contribution in [-0.4, -0.2) is 52.7 Å². The van der Waals surface area contributed by atoms with E-state index in [1.54, 1.807) is 0 Å². The van der Waals surface area contributed by atoms with E-state index < -0.39 is 6.10 Å². The summed E-state index contributed by atoms with van der Waals surface area (Å²) < 4.78 is 12.0. The summed E-state index contributed by atoms with van der Waals surface area (Å²) in [6, 6.07) is 7.09. The fourth-order valence-electron chi connectivity index (χ4n) is 2.92. The number of amides is 2. The number of ether oxygens (including phenoxy) is 2. The predicted molar refractivity (Wildman–Crippen MR) is 89.2 cm³/mol. The molecule has 1 aromatic heterocycles. The van der Waals surface area contributed by atoms with Gasteiger partial charge in [-0.1, -0.05) is 6.07 Å². The second-order valence-electron chi connectivity index (χ2n) is 6.15. The van der Waals surface area contributed by atoms with Crippen LogP contribution in [0, 0.1) is 0 Å².